The van der Waals surface area contributed by atoms with Gasteiger partial charge in [-0.25, -0.2) is 4.98 Å². The second-order valence-electron chi connectivity index (χ2n) is 3.58. The lowest BCUT2D eigenvalue weighted by atomic mass is 10.1. The number of aryl methyl sites for hydroxylation is 2. The predicted molar refractivity (Wildman–Crippen MR) is 68.5 cm³/mol. The number of aromatic nitrogens is 1. The van der Waals surface area contributed by atoms with Crippen molar-refractivity contribution in [1.82, 2.24) is 4.98 Å². The minimum absolute atomic E-state index is 0.892. The standard InChI is InChI=1S/C14H13NS/c1-12-11-16-14(15-12)10-6-5-9-13-7-3-2-4-8-13/h2-4,7-8,11H,5,9H2,1H3. The summed E-state index contributed by atoms with van der Waals surface area (Å²) in [6, 6.07) is 10.4. The minimum Gasteiger partial charge on any atom is -0.233 e. The van der Waals surface area contributed by atoms with Gasteiger partial charge in [-0.2, -0.15) is 0 Å². The molecule has 0 saturated carbocycles. The van der Waals surface area contributed by atoms with Gasteiger partial charge in [0.1, 0.15) is 0 Å². The van der Waals surface area contributed by atoms with E-state index in [0.717, 1.165) is 23.5 Å². The Morgan fingerprint density at radius 1 is 1.25 bits per heavy atom. The van der Waals surface area contributed by atoms with Crippen LogP contribution in [0.25, 0.3) is 0 Å². The van der Waals surface area contributed by atoms with Crippen molar-refractivity contribution in [1.29, 1.82) is 0 Å². The van der Waals surface area contributed by atoms with Crippen LogP contribution in [-0.2, 0) is 6.42 Å². The summed E-state index contributed by atoms with van der Waals surface area (Å²) in [6.07, 6.45) is 1.90. The number of benzene rings is 1. The highest BCUT2D eigenvalue weighted by Gasteiger charge is 1.92. The normalized spacial score (nSPS) is 9.56. The van der Waals surface area contributed by atoms with Crippen LogP contribution in [0.5, 0.6) is 0 Å². The molecule has 2 rings (SSSR count). The lowest BCUT2D eigenvalue weighted by molar-refractivity contribution is 1.03. The van der Waals surface area contributed by atoms with Crippen molar-refractivity contribution in [3.63, 3.8) is 0 Å². The first-order valence-electron chi connectivity index (χ1n) is 5.29. The molecule has 80 valence electrons. The van der Waals surface area contributed by atoms with E-state index in [2.05, 4.69) is 41.1 Å². The molecule has 0 spiro atoms. The largest absolute Gasteiger partial charge is 0.233 e. The molecule has 2 heteroatoms. The van der Waals surface area contributed by atoms with E-state index in [1.165, 1.54) is 5.56 Å². The van der Waals surface area contributed by atoms with Crippen molar-refractivity contribution in [3.05, 3.63) is 52.0 Å². The van der Waals surface area contributed by atoms with E-state index < -0.39 is 0 Å². The summed E-state index contributed by atoms with van der Waals surface area (Å²) in [6.45, 7) is 1.99. The summed E-state index contributed by atoms with van der Waals surface area (Å²) >= 11 is 1.61. The summed E-state index contributed by atoms with van der Waals surface area (Å²) in [4.78, 5) is 4.30. The van der Waals surface area contributed by atoms with Crippen LogP contribution in [0.3, 0.4) is 0 Å². The number of nitrogens with zero attached hydrogens (tertiary/aromatic N) is 1. The molecule has 0 atom stereocenters. The summed E-state index contributed by atoms with van der Waals surface area (Å²) in [5.74, 6) is 6.25. The topological polar surface area (TPSA) is 12.9 Å². The Morgan fingerprint density at radius 3 is 2.75 bits per heavy atom. The maximum atomic E-state index is 4.30. The Morgan fingerprint density at radius 2 is 2.06 bits per heavy atom. The van der Waals surface area contributed by atoms with E-state index in [0.29, 0.717) is 0 Å². The fourth-order valence-corrected chi connectivity index (χ4v) is 2.06. The fraction of sp³-hybridized carbons (Fsp3) is 0.214. The van der Waals surface area contributed by atoms with E-state index >= 15 is 0 Å². The molecule has 0 amide bonds. The van der Waals surface area contributed by atoms with Gasteiger partial charge in [0.25, 0.3) is 0 Å². The molecule has 2 aromatic rings. The summed E-state index contributed by atoms with van der Waals surface area (Å²) in [7, 11) is 0. The Kier molecular flexibility index (Phi) is 3.74. The van der Waals surface area contributed by atoms with Gasteiger partial charge in [-0.05, 0) is 24.8 Å². The molecule has 1 aromatic heterocycles. The highest BCUT2D eigenvalue weighted by molar-refractivity contribution is 7.10. The molecule has 0 saturated heterocycles. The lowest BCUT2D eigenvalue weighted by Gasteiger charge is -1.94. The van der Waals surface area contributed by atoms with E-state index in [4.69, 9.17) is 0 Å². The lowest BCUT2D eigenvalue weighted by Crippen LogP contribution is -1.81. The fourth-order valence-electron chi connectivity index (χ4n) is 1.40. The molecule has 0 aliphatic heterocycles. The molecular weight excluding hydrogens is 214 g/mol. The van der Waals surface area contributed by atoms with E-state index in [1.807, 2.05) is 18.4 Å². The van der Waals surface area contributed by atoms with Crippen LogP contribution in [0.4, 0.5) is 0 Å². The first-order valence-corrected chi connectivity index (χ1v) is 6.17. The predicted octanol–water partition coefficient (Wildman–Crippen LogP) is 3.44. The van der Waals surface area contributed by atoms with Gasteiger partial charge in [0.05, 0.1) is 0 Å². The molecule has 16 heavy (non-hydrogen) atoms. The van der Waals surface area contributed by atoms with E-state index in [1.54, 1.807) is 11.3 Å². The maximum Gasteiger partial charge on any atom is 0.167 e. The molecule has 0 radical (unpaired) electrons. The Bertz CT molecular complexity index is 502. The quantitative estimate of drug-likeness (QED) is 0.716. The molecule has 0 N–H and O–H groups in total. The van der Waals surface area contributed by atoms with Gasteiger partial charge in [0.2, 0.25) is 0 Å². The summed E-state index contributed by atoms with van der Waals surface area (Å²) < 4.78 is 0. The molecule has 1 heterocycles. The first-order chi connectivity index (χ1) is 7.84. The minimum atomic E-state index is 0.892. The molecule has 0 aliphatic rings. The van der Waals surface area contributed by atoms with Crippen molar-refractivity contribution < 1.29 is 0 Å². The van der Waals surface area contributed by atoms with Gasteiger partial charge < -0.3 is 0 Å². The van der Waals surface area contributed by atoms with E-state index in [9.17, 15) is 0 Å². The van der Waals surface area contributed by atoms with Crippen LogP contribution in [0.1, 0.15) is 22.7 Å². The third-order valence-corrected chi connectivity index (χ3v) is 3.07. The van der Waals surface area contributed by atoms with Crippen molar-refractivity contribution in [2.24, 2.45) is 0 Å². The van der Waals surface area contributed by atoms with Crippen LogP contribution in [-0.4, -0.2) is 4.98 Å². The van der Waals surface area contributed by atoms with Crippen LogP contribution >= 0.6 is 11.3 Å². The van der Waals surface area contributed by atoms with Crippen LogP contribution in [0.2, 0.25) is 0 Å². The number of hydrogen-bond acceptors (Lipinski definition) is 2. The SMILES string of the molecule is Cc1csc(C#CCCc2ccccc2)n1. The van der Waals surface area contributed by atoms with Crippen molar-refractivity contribution in [3.8, 4) is 11.8 Å². The van der Waals surface area contributed by atoms with Crippen LogP contribution in [0.15, 0.2) is 35.7 Å². The molecule has 1 aromatic carbocycles. The second kappa shape index (κ2) is 5.48. The highest BCUT2D eigenvalue weighted by Crippen LogP contribution is 2.07. The monoisotopic (exact) mass is 227 g/mol. The summed E-state index contributed by atoms with van der Waals surface area (Å²) in [5.41, 5.74) is 2.39. The number of thiazole rings is 1. The zero-order valence-electron chi connectivity index (χ0n) is 9.23. The van der Waals surface area contributed by atoms with E-state index in [-0.39, 0.29) is 0 Å². The third-order valence-electron chi connectivity index (χ3n) is 2.20. The van der Waals surface area contributed by atoms with Crippen LogP contribution < -0.4 is 0 Å². The summed E-state index contributed by atoms with van der Waals surface area (Å²) in [5, 5.41) is 2.95. The van der Waals surface area contributed by atoms with Gasteiger partial charge in [-0.1, -0.05) is 36.3 Å². The van der Waals surface area contributed by atoms with Crippen molar-refractivity contribution in [2.45, 2.75) is 19.8 Å². The third kappa shape index (κ3) is 3.22. The second-order valence-corrected chi connectivity index (χ2v) is 4.44. The van der Waals surface area contributed by atoms with Crippen molar-refractivity contribution >= 4 is 11.3 Å². The average Bonchev–Trinajstić information content (AvgIpc) is 2.72. The average molecular weight is 227 g/mol. The molecule has 0 unspecified atom stereocenters. The zero-order chi connectivity index (χ0) is 11.2. The Hall–Kier alpha value is -1.59. The van der Waals surface area contributed by atoms with Gasteiger partial charge in [0, 0.05) is 17.5 Å². The van der Waals surface area contributed by atoms with Gasteiger partial charge in [0.15, 0.2) is 5.01 Å². The molecular formula is C14H13NS. The number of hydrogen-bond donors (Lipinski definition) is 0. The Balaban J connectivity index is 1.87. The van der Waals surface area contributed by atoms with Crippen molar-refractivity contribution in [2.75, 3.05) is 0 Å². The zero-order valence-corrected chi connectivity index (χ0v) is 10.1. The van der Waals surface area contributed by atoms with Gasteiger partial charge >= 0.3 is 0 Å². The highest BCUT2D eigenvalue weighted by atomic mass is 32.1. The smallest absolute Gasteiger partial charge is 0.167 e. The molecule has 0 bridgehead atoms. The molecule has 0 aliphatic carbocycles. The van der Waals surface area contributed by atoms with Gasteiger partial charge in [-0.15, -0.1) is 11.3 Å². The molecule has 1 nitrogen and oxygen atoms in total. The molecule has 0 fully saturated rings. The Labute approximate surface area is 100 Å². The first kappa shape index (κ1) is 10.9. The number of rotatable bonds is 2. The maximum absolute atomic E-state index is 4.30. The van der Waals surface area contributed by atoms with Crippen LogP contribution in [0, 0.1) is 18.8 Å². The van der Waals surface area contributed by atoms with Gasteiger partial charge in [-0.3, -0.25) is 0 Å².